The summed E-state index contributed by atoms with van der Waals surface area (Å²) in [7, 11) is 3.45. The average molecular weight is 458 g/mol. The van der Waals surface area contributed by atoms with Gasteiger partial charge in [-0.1, -0.05) is 19.1 Å². The SMILES string of the molecule is CNC(=O)C(C)CN(C)c1nc(NC(CCO)c2ccc(F)cc2)c2ncn(C(C)C)c2n1. The quantitative estimate of drug-likeness (QED) is 0.430. The fraction of sp³-hybridized carbons (Fsp3) is 0.478. The van der Waals surface area contributed by atoms with Crippen molar-refractivity contribution in [1.82, 2.24) is 24.8 Å². The molecule has 178 valence electrons. The molecule has 10 heteroatoms. The Bertz CT molecular complexity index is 1080. The number of carbonyl (C=O) groups excluding carboxylic acids is 1. The second-order valence-electron chi connectivity index (χ2n) is 8.45. The fourth-order valence-corrected chi connectivity index (χ4v) is 3.69. The molecule has 2 atom stereocenters. The maximum absolute atomic E-state index is 13.4. The van der Waals surface area contributed by atoms with Crippen LogP contribution < -0.4 is 15.5 Å². The lowest BCUT2D eigenvalue weighted by molar-refractivity contribution is -0.123. The lowest BCUT2D eigenvalue weighted by atomic mass is 10.0. The highest BCUT2D eigenvalue weighted by molar-refractivity contribution is 5.85. The lowest BCUT2D eigenvalue weighted by Gasteiger charge is -2.23. The van der Waals surface area contributed by atoms with Crippen LogP contribution in [0, 0.1) is 11.7 Å². The number of anilines is 2. The number of nitrogens with zero attached hydrogens (tertiary/aromatic N) is 5. The van der Waals surface area contributed by atoms with Gasteiger partial charge in [0.05, 0.1) is 18.3 Å². The van der Waals surface area contributed by atoms with E-state index in [4.69, 9.17) is 9.97 Å². The second-order valence-corrected chi connectivity index (χ2v) is 8.45. The summed E-state index contributed by atoms with van der Waals surface area (Å²) in [6.45, 7) is 6.30. The van der Waals surface area contributed by atoms with Crippen molar-refractivity contribution >= 4 is 28.8 Å². The molecule has 0 radical (unpaired) electrons. The van der Waals surface area contributed by atoms with Gasteiger partial charge in [0.15, 0.2) is 17.0 Å². The van der Waals surface area contributed by atoms with E-state index in [0.29, 0.717) is 35.9 Å². The van der Waals surface area contributed by atoms with Crippen LogP contribution in [0.25, 0.3) is 11.2 Å². The van der Waals surface area contributed by atoms with Crippen LogP contribution in [0.2, 0.25) is 0 Å². The van der Waals surface area contributed by atoms with E-state index in [1.807, 2.05) is 37.3 Å². The number of aromatic nitrogens is 4. The topological polar surface area (TPSA) is 108 Å². The molecule has 0 fully saturated rings. The van der Waals surface area contributed by atoms with Crippen molar-refractivity contribution < 1.29 is 14.3 Å². The Morgan fingerprint density at radius 3 is 2.52 bits per heavy atom. The van der Waals surface area contributed by atoms with Crippen LogP contribution in [0.15, 0.2) is 30.6 Å². The molecule has 2 aromatic heterocycles. The molecular formula is C23H32FN7O2. The van der Waals surface area contributed by atoms with Gasteiger partial charge in [-0.15, -0.1) is 0 Å². The van der Waals surface area contributed by atoms with Gasteiger partial charge in [-0.2, -0.15) is 9.97 Å². The number of rotatable bonds is 10. The summed E-state index contributed by atoms with van der Waals surface area (Å²) in [5.74, 6) is 0.317. The van der Waals surface area contributed by atoms with E-state index in [-0.39, 0.29) is 36.3 Å². The predicted octanol–water partition coefficient (Wildman–Crippen LogP) is 2.90. The molecule has 33 heavy (non-hydrogen) atoms. The number of carbonyl (C=O) groups is 1. The van der Waals surface area contributed by atoms with E-state index in [2.05, 4.69) is 15.6 Å². The largest absolute Gasteiger partial charge is 0.396 e. The Morgan fingerprint density at radius 1 is 1.21 bits per heavy atom. The normalized spacial score (nSPS) is 13.2. The Kier molecular flexibility index (Phi) is 7.80. The highest BCUT2D eigenvalue weighted by Gasteiger charge is 2.22. The van der Waals surface area contributed by atoms with Crippen molar-refractivity contribution in [2.75, 3.05) is 37.5 Å². The van der Waals surface area contributed by atoms with E-state index in [1.54, 1.807) is 25.5 Å². The first-order valence-electron chi connectivity index (χ1n) is 11.0. The third-order valence-corrected chi connectivity index (χ3v) is 5.55. The van der Waals surface area contributed by atoms with Crippen molar-refractivity contribution in [2.24, 2.45) is 5.92 Å². The van der Waals surface area contributed by atoms with Gasteiger partial charge in [0.25, 0.3) is 0 Å². The Labute approximate surface area is 193 Å². The summed E-state index contributed by atoms with van der Waals surface area (Å²) in [5, 5.41) is 15.7. The van der Waals surface area contributed by atoms with Crippen molar-refractivity contribution in [3.05, 3.63) is 42.0 Å². The maximum atomic E-state index is 13.4. The number of imidazole rings is 1. The highest BCUT2D eigenvalue weighted by atomic mass is 19.1. The second kappa shape index (κ2) is 10.6. The molecule has 1 aromatic carbocycles. The van der Waals surface area contributed by atoms with Gasteiger partial charge in [-0.25, -0.2) is 9.37 Å². The van der Waals surface area contributed by atoms with Crippen molar-refractivity contribution in [1.29, 1.82) is 0 Å². The minimum absolute atomic E-state index is 0.0554. The molecule has 0 aliphatic carbocycles. The van der Waals surface area contributed by atoms with Gasteiger partial charge in [0.2, 0.25) is 11.9 Å². The monoisotopic (exact) mass is 457 g/mol. The lowest BCUT2D eigenvalue weighted by Crippen LogP contribution is -2.35. The van der Waals surface area contributed by atoms with Crippen LogP contribution in [-0.4, -0.2) is 57.8 Å². The molecule has 1 amide bonds. The first-order chi connectivity index (χ1) is 15.7. The summed E-state index contributed by atoms with van der Waals surface area (Å²) in [5.41, 5.74) is 2.09. The van der Waals surface area contributed by atoms with E-state index < -0.39 is 0 Å². The number of halogens is 1. The van der Waals surface area contributed by atoms with E-state index >= 15 is 0 Å². The molecular weight excluding hydrogens is 425 g/mol. The number of aliphatic hydroxyl groups excluding tert-OH is 1. The number of nitrogens with one attached hydrogen (secondary N) is 2. The van der Waals surface area contributed by atoms with Crippen LogP contribution in [0.5, 0.6) is 0 Å². The molecule has 0 spiro atoms. The van der Waals surface area contributed by atoms with Gasteiger partial charge in [-0.05, 0) is 38.0 Å². The van der Waals surface area contributed by atoms with Crippen molar-refractivity contribution in [3.8, 4) is 0 Å². The minimum Gasteiger partial charge on any atom is -0.396 e. The average Bonchev–Trinajstić information content (AvgIpc) is 3.23. The molecule has 3 aromatic rings. The summed E-state index contributed by atoms with van der Waals surface area (Å²) in [6, 6.07) is 5.98. The first kappa shape index (κ1) is 24.4. The third-order valence-electron chi connectivity index (χ3n) is 5.55. The highest BCUT2D eigenvalue weighted by Crippen LogP contribution is 2.29. The first-order valence-corrected chi connectivity index (χ1v) is 11.0. The van der Waals surface area contributed by atoms with Crippen LogP contribution in [0.4, 0.5) is 16.2 Å². The fourth-order valence-electron chi connectivity index (χ4n) is 3.69. The van der Waals surface area contributed by atoms with Gasteiger partial charge >= 0.3 is 0 Å². The summed E-state index contributed by atoms with van der Waals surface area (Å²) >= 11 is 0. The number of hydrogen-bond donors (Lipinski definition) is 3. The molecule has 3 N–H and O–H groups in total. The van der Waals surface area contributed by atoms with Crippen LogP contribution >= 0.6 is 0 Å². The molecule has 2 unspecified atom stereocenters. The molecule has 2 heterocycles. The number of hydrogen-bond acceptors (Lipinski definition) is 7. The standard InChI is InChI=1S/C23H32FN7O2/c1-14(2)31-13-26-19-20(27-18(10-11-32)16-6-8-17(24)9-7-16)28-23(29-21(19)31)30(5)12-15(3)22(33)25-4/h6-9,13-15,18,32H,10-12H2,1-5H3,(H,25,33)(H,27,28,29). The van der Waals surface area contributed by atoms with E-state index in [0.717, 1.165) is 5.56 Å². The van der Waals surface area contributed by atoms with Crippen LogP contribution in [-0.2, 0) is 4.79 Å². The van der Waals surface area contributed by atoms with Crippen molar-refractivity contribution in [3.63, 3.8) is 0 Å². The molecule has 9 nitrogen and oxygen atoms in total. The molecule has 0 saturated carbocycles. The van der Waals surface area contributed by atoms with Gasteiger partial charge < -0.3 is 25.2 Å². The zero-order chi connectivity index (χ0) is 24.1. The van der Waals surface area contributed by atoms with Gasteiger partial charge in [0, 0.05) is 33.3 Å². The zero-order valence-corrected chi connectivity index (χ0v) is 19.7. The Morgan fingerprint density at radius 2 is 1.91 bits per heavy atom. The molecule has 0 aliphatic rings. The van der Waals surface area contributed by atoms with E-state index in [9.17, 15) is 14.3 Å². The van der Waals surface area contributed by atoms with Crippen molar-refractivity contribution in [2.45, 2.75) is 39.3 Å². The Balaban J connectivity index is 2.03. The smallest absolute Gasteiger partial charge is 0.229 e. The summed E-state index contributed by atoms with van der Waals surface area (Å²) in [4.78, 5) is 27.8. The number of benzene rings is 1. The van der Waals surface area contributed by atoms with Gasteiger partial charge in [-0.3, -0.25) is 4.79 Å². The number of fused-ring (bicyclic) bond motifs is 1. The summed E-state index contributed by atoms with van der Waals surface area (Å²) < 4.78 is 15.4. The Hall–Kier alpha value is -3.27. The molecule has 3 rings (SSSR count). The summed E-state index contributed by atoms with van der Waals surface area (Å²) in [6.07, 6.45) is 2.13. The number of aliphatic hydroxyl groups is 1. The van der Waals surface area contributed by atoms with Crippen LogP contribution in [0.3, 0.4) is 0 Å². The van der Waals surface area contributed by atoms with E-state index in [1.165, 1.54) is 12.1 Å². The molecule has 0 saturated heterocycles. The zero-order valence-electron chi connectivity index (χ0n) is 19.7. The van der Waals surface area contributed by atoms with Gasteiger partial charge in [0.1, 0.15) is 5.82 Å². The number of amides is 1. The third kappa shape index (κ3) is 5.57. The van der Waals surface area contributed by atoms with Crippen LogP contribution in [0.1, 0.15) is 44.8 Å². The predicted molar refractivity (Wildman–Crippen MR) is 127 cm³/mol. The maximum Gasteiger partial charge on any atom is 0.229 e. The molecule has 0 aliphatic heterocycles. The molecule has 0 bridgehead atoms. The minimum atomic E-state index is -0.323.